The van der Waals surface area contributed by atoms with Gasteiger partial charge in [-0.05, 0) is 24.1 Å². The van der Waals surface area contributed by atoms with Crippen molar-refractivity contribution in [2.45, 2.75) is 19.8 Å². The van der Waals surface area contributed by atoms with E-state index in [0.29, 0.717) is 24.2 Å². The van der Waals surface area contributed by atoms with Crippen LogP contribution in [0.2, 0.25) is 0 Å². The van der Waals surface area contributed by atoms with Gasteiger partial charge < -0.3 is 5.73 Å². The van der Waals surface area contributed by atoms with Crippen molar-refractivity contribution in [3.63, 3.8) is 0 Å². The number of carbonyl (C=O) groups is 2. The first-order chi connectivity index (χ1) is 7.58. The number of imide groups is 1. The molecule has 1 aliphatic heterocycles. The summed E-state index contributed by atoms with van der Waals surface area (Å²) in [5.74, 6) is -0.152. The van der Waals surface area contributed by atoms with E-state index in [4.69, 9.17) is 5.73 Å². The SMILES string of the molecule is CC1CC(=O)N(c2cccc(N)c2)C(=O)C1. The van der Waals surface area contributed by atoms with E-state index in [1.807, 2.05) is 6.92 Å². The summed E-state index contributed by atoms with van der Waals surface area (Å²) in [7, 11) is 0. The number of piperidine rings is 1. The minimum Gasteiger partial charge on any atom is -0.399 e. The molecule has 1 heterocycles. The molecular weight excluding hydrogens is 204 g/mol. The number of nitrogen functional groups attached to an aromatic ring is 1. The van der Waals surface area contributed by atoms with Crippen molar-refractivity contribution in [1.82, 2.24) is 0 Å². The summed E-state index contributed by atoms with van der Waals surface area (Å²) < 4.78 is 0. The van der Waals surface area contributed by atoms with Gasteiger partial charge in [0, 0.05) is 18.5 Å². The van der Waals surface area contributed by atoms with Gasteiger partial charge in [-0.15, -0.1) is 0 Å². The van der Waals surface area contributed by atoms with Gasteiger partial charge >= 0.3 is 0 Å². The molecule has 0 bridgehead atoms. The van der Waals surface area contributed by atoms with E-state index in [1.165, 1.54) is 4.90 Å². The van der Waals surface area contributed by atoms with Crippen molar-refractivity contribution in [3.05, 3.63) is 24.3 Å². The van der Waals surface area contributed by atoms with Crippen molar-refractivity contribution in [2.75, 3.05) is 10.6 Å². The van der Waals surface area contributed by atoms with Gasteiger partial charge in [-0.2, -0.15) is 0 Å². The van der Waals surface area contributed by atoms with Crippen LogP contribution in [0.15, 0.2) is 24.3 Å². The lowest BCUT2D eigenvalue weighted by Crippen LogP contribution is -2.42. The molecule has 0 atom stereocenters. The molecule has 4 heteroatoms. The topological polar surface area (TPSA) is 63.4 Å². The number of anilines is 2. The molecule has 0 aliphatic carbocycles. The molecule has 0 aromatic heterocycles. The van der Waals surface area contributed by atoms with Gasteiger partial charge in [-0.1, -0.05) is 13.0 Å². The van der Waals surface area contributed by atoms with Crippen LogP contribution in [0.4, 0.5) is 11.4 Å². The van der Waals surface area contributed by atoms with Gasteiger partial charge in [0.1, 0.15) is 0 Å². The fourth-order valence-corrected chi connectivity index (χ4v) is 1.94. The van der Waals surface area contributed by atoms with Crippen LogP contribution in [0.5, 0.6) is 0 Å². The lowest BCUT2D eigenvalue weighted by molar-refractivity contribution is -0.130. The highest BCUT2D eigenvalue weighted by Gasteiger charge is 2.31. The minimum atomic E-state index is -0.144. The Hall–Kier alpha value is -1.84. The first-order valence-electron chi connectivity index (χ1n) is 5.29. The highest BCUT2D eigenvalue weighted by molar-refractivity contribution is 6.16. The zero-order valence-electron chi connectivity index (χ0n) is 9.14. The zero-order valence-corrected chi connectivity index (χ0v) is 9.14. The summed E-state index contributed by atoms with van der Waals surface area (Å²) in [4.78, 5) is 24.8. The first-order valence-corrected chi connectivity index (χ1v) is 5.29. The third kappa shape index (κ3) is 1.91. The van der Waals surface area contributed by atoms with Gasteiger partial charge in [0.2, 0.25) is 11.8 Å². The smallest absolute Gasteiger partial charge is 0.234 e. The van der Waals surface area contributed by atoms with E-state index in [1.54, 1.807) is 24.3 Å². The number of carbonyl (C=O) groups excluding carboxylic acids is 2. The maximum absolute atomic E-state index is 11.8. The molecule has 1 saturated heterocycles. The molecule has 4 nitrogen and oxygen atoms in total. The summed E-state index contributed by atoms with van der Waals surface area (Å²) in [5.41, 5.74) is 6.76. The Balaban J connectivity index is 2.33. The predicted octanol–water partition coefficient (Wildman–Crippen LogP) is 1.56. The van der Waals surface area contributed by atoms with E-state index in [9.17, 15) is 9.59 Å². The zero-order chi connectivity index (χ0) is 11.7. The quantitative estimate of drug-likeness (QED) is 0.574. The largest absolute Gasteiger partial charge is 0.399 e. The normalized spacial score (nSPS) is 17.9. The summed E-state index contributed by atoms with van der Waals surface area (Å²) >= 11 is 0. The van der Waals surface area contributed by atoms with Crippen molar-refractivity contribution in [1.29, 1.82) is 0 Å². The molecule has 2 N–H and O–H groups in total. The van der Waals surface area contributed by atoms with Crippen molar-refractivity contribution >= 4 is 23.2 Å². The predicted molar refractivity (Wildman–Crippen MR) is 61.7 cm³/mol. The standard InChI is InChI=1S/C12H14N2O2/c1-8-5-11(15)14(12(16)6-8)10-4-2-3-9(13)7-10/h2-4,7-8H,5-6,13H2,1H3. The Labute approximate surface area is 94.0 Å². The second-order valence-electron chi connectivity index (χ2n) is 4.23. The second-order valence-corrected chi connectivity index (χ2v) is 4.23. The number of benzene rings is 1. The molecule has 1 aromatic carbocycles. The molecule has 0 spiro atoms. The van der Waals surface area contributed by atoms with Gasteiger partial charge in [-0.25, -0.2) is 0 Å². The van der Waals surface area contributed by atoms with Gasteiger partial charge in [0.05, 0.1) is 5.69 Å². The van der Waals surface area contributed by atoms with Crippen LogP contribution in [-0.2, 0) is 9.59 Å². The Bertz CT molecular complexity index is 424. The highest BCUT2D eigenvalue weighted by Crippen LogP contribution is 2.26. The third-order valence-corrected chi connectivity index (χ3v) is 2.67. The van der Waals surface area contributed by atoms with E-state index >= 15 is 0 Å². The second kappa shape index (κ2) is 3.96. The summed E-state index contributed by atoms with van der Waals surface area (Å²) in [6.07, 6.45) is 0.834. The monoisotopic (exact) mass is 218 g/mol. The van der Waals surface area contributed by atoms with Crippen LogP contribution in [0.25, 0.3) is 0 Å². The van der Waals surface area contributed by atoms with E-state index in [-0.39, 0.29) is 17.7 Å². The summed E-state index contributed by atoms with van der Waals surface area (Å²) in [6.45, 7) is 1.91. The maximum atomic E-state index is 11.8. The maximum Gasteiger partial charge on any atom is 0.234 e. The van der Waals surface area contributed by atoms with Gasteiger partial charge in [-0.3, -0.25) is 14.5 Å². The Morgan fingerprint density at radius 1 is 1.25 bits per heavy atom. The van der Waals surface area contributed by atoms with Crippen LogP contribution in [0.1, 0.15) is 19.8 Å². The molecule has 1 fully saturated rings. The molecular formula is C12H14N2O2. The lowest BCUT2D eigenvalue weighted by atomic mass is 9.97. The van der Waals surface area contributed by atoms with Crippen molar-refractivity contribution in [2.24, 2.45) is 5.92 Å². The molecule has 2 amide bonds. The molecule has 0 saturated carbocycles. The minimum absolute atomic E-state index is 0.136. The molecule has 16 heavy (non-hydrogen) atoms. The number of hydrogen-bond donors (Lipinski definition) is 1. The fourth-order valence-electron chi connectivity index (χ4n) is 1.94. The van der Waals surface area contributed by atoms with E-state index < -0.39 is 0 Å². The average molecular weight is 218 g/mol. The Kier molecular flexibility index (Phi) is 2.64. The third-order valence-electron chi connectivity index (χ3n) is 2.67. The van der Waals surface area contributed by atoms with Gasteiger partial charge in [0.15, 0.2) is 0 Å². The Morgan fingerprint density at radius 3 is 2.44 bits per heavy atom. The number of rotatable bonds is 1. The number of hydrogen-bond acceptors (Lipinski definition) is 3. The Morgan fingerprint density at radius 2 is 1.88 bits per heavy atom. The lowest BCUT2D eigenvalue weighted by Gasteiger charge is -2.28. The van der Waals surface area contributed by atoms with Crippen molar-refractivity contribution in [3.8, 4) is 0 Å². The number of nitrogens with zero attached hydrogens (tertiary/aromatic N) is 1. The molecule has 0 unspecified atom stereocenters. The van der Waals surface area contributed by atoms with E-state index in [2.05, 4.69) is 0 Å². The first kappa shape index (κ1) is 10.7. The molecule has 2 rings (SSSR count). The molecule has 1 aromatic rings. The fraction of sp³-hybridized carbons (Fsp3) is 0.333. The van der Waals surface area contributed by atoms with Crippen LogP contribution >= 0.6 is 0 Å². The van der Waals surface area contributed by atoms with Crippen molar-refractivity contribution < 1.29 is 9.59 Å². The van der Waals surface area contributed by atoms with Crippen LogP contribution in [-0.4, -0.2) is 11.8 Å². The molecule has 1 aliphatic rings. The van der Waals surface area contributed by atoms with E-state index in [0.717, 1.165) is 0 Å². The van der Waals surface area contributed by atoms with Crippen LogP contribution in [0, 0.1) is 5.92 Å². The van der Waals surface area contributed by atoms with Gasteiger partial charge in [0.25, 0.3) is 0 Å². The number of nitrogens with two attached hydrogens (primary N) is 1. The van der Waals surface area contributed by atoms with Crippen LogP contribution < -0.4 is 10.6 Å². The number of amides is 2. The summed E-state index contributed by atoms with van der Waals surface area (Å²) in [6, 6.07) is 6.84. The molecule has 0 radical (unpaired) electrons. The molecule has 84 valence electrons. The van der Waals surface area contributed by atoms with Crippen LogP contribution in [0.3, 0.4) is 0 Å². The average Bonchev–Trinajstić information content (AvgIpc) is 2.15. The highest BCUT2D eigenvalue weighted by atomic mass is 16.2. The summed E-state index contributed by atoms with van der Waals surface area (Å²) in [5, 5.41) is 0.